The highest BCUT2D eigenvalue weighted by molar-refractivity contribution is 5.85. The number of methoxy groups -OCH3 is 1. The van der Waals surface area contributed by atoms with Gasteiger partial charge in [-0.25, -0.2) is 9.78 Å². The molecule has 134 valence electrons. The first-order chi connectivity index (χ1) is 11.9. The standard InChI is InChI=1S/C18H24N4O3/c1-12(2)16(21-18(24)25-4)17(23)22(3)11-15-19-10-14(20-15)13-8-6-5-7-9-13/h5-10,12,16H,11H2,1-4H3,(H,19,20)(H,21,24)/t16-/m0/s1. The van der Waals surface area contributed by atoms with Gasteiger partial charge in [-0.15, -0.1) is 0 Å². The average molecular weight is 344 g/mol. The Morgan fingerprint density at radius 2 is 1.96 bits per heavy atom. The van der Waals surface area contributed by atoms with Crippen LogP contribution in [0.5, 0.6) is 0 Å². The predicted molar refractivity (Wildman–Crippen MR) is 94.7 cm³/mol. The van der Waals surface area contributed by atoms with Crippen molar-refractivity contribution in [1.82, 2.24) is 20.2 Å². The van der Waals surface area contributed by atoms with E-state index in [0.29, 0.717) is 12.4 Å². The molecule has 0 aliphatic rings. The van der Waals surface area contributed by atoms with Crippen LogP contribution in [0.4, 0.5) is 4.79 Å². The predicted octanol–water partition coefficient (Wildman–Crippen LogP) is 2.42. The van der Waals surface area contributed by atoms with Crippen LogP contribution >= 0.6 is 0 Å². The van der Waals surface area contributed by atoms with E-state index in [0.717, 1.165) is 11.3 Å². The molecule has 0 aliphatic heterocycles. The smallest absolute Gasteiger partial charge is 0.407 e. The number of rotatable bonds is 6. The lowest BCUT2D eigenvalue weighted by atomic mass is 10.0. The molecule has 0 spiro atoms. The molecule has 0 aliphatic carbocycles. The fourth-order valence-corrected chi connectivity index (χ4v) is 2.44. The molecule has 2 rings (SSSR count). The number of amides is 2. The van der Waals surface area contributed by atoms with Crippen molar-refractivity contribution in [1.29, 1.82) is 0 Å². The Labute approximate surface area is 147 Å². The van der Waals surface area contributed by atoms with E-state index < -0.39 is 12.1 Å². The lowest BCUT2D eigenvalue weighted by Gasteiger charge is -2.26. The van der Waals surface area contributed by atoms with E-state index in [1.807, 2.05) is 50.4 Å². The quantitative estimate of drug-likeness (QED) is 0.842. The van der Waals surface area contributed by atoms with Crippen LogP contribution in [0.1, 0.15) is 19.7 Å². The van der Waals surface area contributed by atoms with Crippen molar-refractivity contribution in [2.24, 2.45) is 5.92 Å². The van der Waals surface area contributed by atoms with Gasteiger partial charge in [0.15, 0.2) is 0 Å². The third-order valence-electron chi connectivity index (χ3n) is 3.86. The number of hydrogen-bond donors (Lipinski definition) is 2. The lowest BCUT2D eigenvalue weighted by Crippen LogP contribution is -2.50. The maximum atomic E-state index is 12.6. The highest BCUT2D eigenvalue weighted by Gasteiger charge is 2.27. The van der Waals surface area contributed by atoms with Crippen LogP contribution in [0.25, 0.3) is 11.3 Å². The number of carbonyl (C=O) groups excluding carboxylic acids is 2. The molecule has 2 amide bonds. The number of imidazole rings is 1. The van der Waals surface area contributed by atoms with Gasteiger partial charge in [0.2, 0.25) is 5.91 Å². The van der Waals surface area contributed by atoms with Gasteiger partial charge in [0, 0.05) is 18.8 Å². The zero-order valence-corrected chi connectivity index (χ0v) is 14.9. The second kappa shape index (κ2) is 8.32. The van der Waals surface area contributed by atoms with E-state index in [1.165, 1.54) is 12.0 Å². The van der Waals surface area contributed by atoms with Crippen molar-refractivity contribution >= 4 is 12.0 Å². The average Bonchev–Trinajstić information content (AvgIpc) is 3.07. The van der Waals surface area contributed by atoms with Crippen LogP contribution in [-0.2, 0) is 16.1 Å². The molecule has 1 atom stereocenters. The van der Waals surface area contributed by atoms with E-state index in [2.05, 4.69) is 20.0 Å². The zero-order valence-electron chi connectivity index (χ0n) is 14.9. The van der Waals surface area contributed by atoms with Crippen LogP contribution in [0.3, 0.4) is 0 Å². The Balaban J connectivity index is 2.05. The van der Waals surface area contributed by atoms with Crippen LogP contribution in [0.2, 0.25) is 0 Å². The van der Waals surface area contributed by atoms with Crippen molar-refractivity contribution in [3.8, 4) is 11.3 Å². The highest BCUT2D eigenvalue weighted by atomic mass is 16.5. The molecule has 1 heterocycles. The number of hydrogen-bond acceptors (Lipinski definition) is 4. The van der Waals surface area contributed by atoms with Crippen LogP contribution < -0.4 is 5.32 Å². The summed E-state index contributed by atoms with van der Waals surface area (Å²) in [4.78, 5) is 33.2. The molecule has 0 unspecified atom stereocenters. The SMILES string of the molecule is COC(=O)N[C@H](C(=O)N(C)Cc1nc(-c2ccccc2)c[nH]1)C(C)C. The molecule has 0 radical (unpaired) electrons. The Kier molecular flexibility index (Phi) is 6.16. The van der Waals surface area contributed by atoms with Gasteiger partial charge < -0.3 is 19.9 Å². The van der Waals surface area contributed by atoms with Gasteiger partial charge in [0.05, 0.1) is 19.3 Å². The summed E-state index contributed by atoms with van der Waals surface area (Å²) in [6.45, 7) is 4.05. The molecule has 7 nitrogen and oxygen atoms in total. The first kappa shape index (κ1) is 18.5. The maximum Gasteiger partial charge on any atom is 0.407 e. The van der Waals surface area contributed by atoms with Crippen LogP contribution in [-0.4, -0.2) is 47.1 Å². The minimum atomic E-state index is -0.652. The summed E-state index contributed by atoms with van der Waals surface area (Å²) < 4.78 is 4.59. The second-order valence-electron chi connectivity index (χ2n) is 6.15. The van der Waals surface area contributed by atoms with Gasteiger partial charge in [0.25, 0.3) is 0 Å². The molecule has 0 fully saturated rings. The Morgan fingerprint density at radius 3 is 2.56 bits per heavy atom. The van der Waals surface area contributed by atoms with E-state index in [9.17, 15) is 9.59 Å². The van der Waals surface area contributed by atoms with Gasteiger partial charge in [0.1, 0.15) is 11.9 Å². The topological polar surface area (TPSA) is 87.3 Å². The Morgan fingerprint density at radius 1 is 1.28 bits per heavy atom. The molecule has 0 saturated heterocycles. The molecule has 1 aromatic heterocycles. The molecular formula is C18H24N4O3. The normalized spacial score (nSPS) is 11.9. The lowest BCUT2D eigenvalue weighted by molar-refractivity contribution is -0.133. The van der Waals surface area contributed by atoms with Crippen molar-refractivity contribution in [3.63, 3.8) is 0 Å². The number of likely N-dealkylation sites (N-methyl/N-ethyl adjacent to an activating group) is 1. The number of aromatic nitrogens is 2. The summed E-state index contributed by atoms with van der Waals surface area (Å²) in [5.74, 6) is 0.416. The number of alkyl carbamates (subject to hydrolysis) is 1. The van der Waals surface area contributed by atoms with E-state index in [-0.39, 0.29) is 11.8 Å². The van der Waals surface area contributed by atoms with Crippen molar-refractivity contribution < 1.29 is 14.3 Å². The van der Waals surface area contributed by atoms with Gasteiger partial charge in [-0.3, -0.25) is 4.79 Å². The summed E-state index contributed by atoms with van der Waals surface area (Å²) in [7, 11) is 2.95. The van der Waals surface area contributed by atoms with E-state index in [4.69, 9.17) is 0 Å². The van der Waals surface area contributed by atoms with Crippen molar-refractivity contribution in [2.45, 2.75) is 26.4 Å². The first-order valence-electron chi connectivity index (χ1n) is 8.11. The number of benzene rings is 1. The number of nitrogens with one attached hydrogen (secondary N) is 2. The number of nitrogens with zero attached hydrogens (tertiary/aromatic N) is 2. The molecule has 25 heavy (non-hydrogen) atoms. The van der Waals surface area contributed by atoms with Crippen molar-refractivity contribution in [2.75, 3.05) is 14.2 Å². The summed E-state index contributed by atoms with van der Waals surface area (Å²) in [5, 5.41) is 2.58. The molecule has 7 heteroatoms. The van der Waals surface area contributed by atoms with Gasteiger partial charge >= 0.3 is 6.09 Å². The fourth-order valence-electron chi connectivity index (χ4n) is 2.44. The molecule has 2 N–H and O–H groups in total. The molecule has 0 bridgehead atoms. The Hall–Kier alpha value is -2.83. The monoisotopic (exact) mass is 344 g/mol. The third-order valence-corrected chi connectivity index (χ3v) is 3.86. The highest BCUT2D eigenvalue weighted by Crippen LogP contribution is 2.17. The van der Waals surface area contributed by atoms with E-state index in [1.54, 1.807) is 7.05 Å². The molecule has 2 aromatic rings. The number of H-pyrrole nitrogens is 1. The van der Waals surface area contributed by atoms with Gasteiger partial charge in [-0.1, -0.05) is 44.2 Å². The number of aromatic amines is 1. The summed E-state index contributed by atoms with van der Waals surface area (Å²) in [5.41, 5.74) is 1.83. The maximum absolute atomic E-state index is 12.6. The largest absolute Gasteiger partial charge is 0.453 e. The van der Waals surface area contributed by atoms with Gasteiger partial charge in [-0.05, 0) is 5.92 Å². The molecular weight excluding hydrogens is 320 g/mol. The third kappa shape index (κ3) is 4.82. The molecule has 1 aromatic carbocycles. The van der Waals surface area contributed by atoms with Crippen LogP contribution in [0.15, 0.2) is 36.5 Å². The summed E-state index contributed by atoms with van der Waals surface area (Å²) in [6, 6.07) is 9.15. The minimum Gasteiger partial charge on any atom is -0.453 e. The number of carbonyl (C=O) groups is 2. The first-order valence-corrected chi connectivity index (χ1v) is 8.11. The zero-order chi connectivity index (χ0) is 18.4. The fraction of sp³-hybridized carbons (Fsp3) is 0.389. The summed E-state index contributed by atoms with van der Waals surface area (Å²) >= 11 is 0. The molecule has 0 saturated carbocycles. The Bertz CT molecular complexity index is 712. The van der Waals surface area contributed by atoms with Crippen molar-refractivity contribution in [3.05, 3.63) is 42.4 Å². The van der Waals surface area contributed by atoms with Gasteiger partial charge in [-0.2, -0.15) is 0 Å². The second-order valence-corrected chi connectivity index (χ2v) is 6.15. The van der Waals surface area contributed by atoms with Crippen LogP contribution in [0, 0.1) is 5.92 Å². The van der Waals surface area contributed by atoms with E-state index >= 15 is 0 Å². The number of ether oxygens (including phenoxy) is 1. The summed E-state index contributed by atoms with van der Waals surface area (Å²) in [6.07, 6.45) is 1.19. The minimum absolute atomic E-state index is 0.0643.